The summed E-state index contributed by atoms with van der Waals surface area (Å²) in [5.74, 6) is -0.0535. The Morgan fingerprint density at radius 2 is 2.05 bits per heavy atom. The van der Waals surface area contributed by atoms with Crippen molar-refractivity contribution in [3.8, 4) is 0 Å². The monoisotopic (exact) mass is 349 g/mol. The number of hydrogen-bond donors (Lipinski definition) is 1. The van der Waals surface area contributed by atoms with Crippen LogP contribution in [0.1, 0.15) is 10.4 Å². The fourth-order valence-electron chi connectivity index (χ4n) is 2.59. The first kappa shape index (κ1) is 14.5. The summed E-state index contributed by atoms with van der Waals surface area (Å²) in [6.07, 6.45) is 0. The zero-order valence-corrected chi connectivity index (χ0v) is 13.0. The molecule has 0 spiro atoms. The second-order valence-electron chi connectivity index (χ2n) is 5.12. The number of aliphatic hydroxyl groups is 1. The van der Waals surface area contributed by atoms with Crippen molar-refractivity contribution in [2.45, 2.75) is 6.04 Å². The Hall–Kier alpha value is -1.43. The number of amides is 1. The summed E-state index contributed by atoms with van der Waals surface area (Å²) in [6, 6.07) is 11.4. The third-order valence-electron chi connectivity index (χ3n) is 3.75. The molecule has 0 aliphatic carbocycles. The Kier molecular flexibility index (Phi) is 4.24. The number of aliphatic hydroxyl groups excluding tert-OH is 1. The minimum absolute atomic E-state index is 0.0535. The lowest BCUT2D eigenvalue weighted by Crippen LogP contribution is -2.50. The molecular weight excluding hydrogens is 334 g/mol. The summed E-state index contributed by atoms with van der Waals surface area (Å²) in [6.45, 7) is 1.35. The van der Waals surface area contributed by atoms with Gasteiger partial charge < -0.3 is 14.7 Å². The van der Waals surface area contributed by atoms with Crippen LogP contribution in [0.3, 0.4) is 0 Å². The summed E-state index contributed by atoms with van der Waals surface area (Å²) in [7, 11) is 0. The number of nitrogens with zero attached hydrogens (tertiary/aromatic N) is 1. The van der Waals surface area contributed by atoms with E-state index in [0.717, 1.165) is 15.2 Å². The second kappa shape index (κ2) is 6.13. The molecule has 1 aliphatic rings. The largest absolute Gasteiger partial charge is 0.394 e. The number of fused-ring (bicyclic) bond motifs is 1. The summed E-state index contributed by atoms with van der Waals surface area (Å²) in [5.41, 5.74) is 0.644. The molecule has 2 aromatic rings. The third-order valence-corrected chi connectivity index (χ3v) is 4.24. The second-order valence-corrected chi connectivity index (χ2v) is 6.03. The molecule has 21 heavy (non-hydrogen) atoms. The average Bonchev–Trinajstić information content (AvgIpc) is 2.53. The Bertz CT molecular complexity index is 674. The lowest BCUT2D eigenvalue weighted by molar-refractivity contribution is -0.0183. The van der Waals surface area contributed by atoms with Gasteiger partial charge in [-0.25, -0.2) is 0 Å². The topological polar surface area (TPSA) is 49.8 Å². The van der Waals surface area contributed by atoms with Crippen LogP contribution in [0.2, 0.25) is 0 Å². The van der Waals surface area contributed by atoms with Gasteiger partial charge in [0.25, 0.3) is 5.91 Å². The number of carbonyl (C=O) groups is 1. The van der Waals surface area contributed by atoms with Gasteiger partial charge >= 0.3 is 0 Å². The Morgan fingerprint density at radius 3 is 2.86 bits per heavy atom. The summed E-state index contributed by atoms with van der Waals surface area (Å²) < 4.78 is 6.33. The molecule has 0 saturated carbocycles. The fourth-order valence-corrected chi connectivity index (χ4v) is 2.97. The predicted octanol–water partition coefficient (Wildman–Crippen LogP) is 2.44. The predicted molar refractivity (Wildman–Crippen MR) is 84.4 cm³/mol. The van der Waals surface area contributed by atoms with Crippen LogP contribution in [-0.2, 0) is 4.74 Å². The molecule has 1 saturated heterocycles. The molecule has 1 heterocycles. The maximum absolute atomic E-state index is 12.6. The van der Waals surface area contributed by atoms with E-state index in [1.165, 1.54) is 0 Å². The maximum Gasteiger partial charge on any atom is 0.254 e. The van der Waals surface area contributed by atoms with Crippen molar-refractivity contribution >= 4 is 32.6 Å². The minimum atomic E-state index is -0.258. The summed E-state index contributed by atoms with van der Waals surface area (Å²) in [4.78, 5) is 14.3. The van der Waals surface area contributed by atoms with Crippen LogP contribution in [0.25, 0.3) is 10.8 Å². The van der Waals surface area contributed by atoms with Crippen molar-refractivity contribution in [2.75, 3.05) is 26.4 Å². The van der Waals surface area contributed by atoms with Crippen LogP contribution in [0, 0.1) is 0 Å². The Morgan fingerprint density at radius 1 is 1.29 bits per heavy atom. The van der Waals surface area contributed by atoms with Crippen LogP contribution < -0.4 is 0 Å². The van der Waals surface area contributed by atoms with Crippen molar-refractivity contribution < 1.29 is 14.6 Å². The summed E-state index contributed by atoms with van der Waals surface area (Å²) in [5, 5.41) is 11.5. The molecule has 1 atom stereocenters. The molecule has 2 aromatic carbocycles. The van der Waals surface area contributed by atoms with E-state index in [-0.39, 0.29) is 18.6 Å². The highest BCUT2D eigenvalue weighted by molar-refractivity contribution is 9.10. The van der Waals surface area contributed by atoms with Crippen LogP contribution in [0.4, 0.5) is 0 Å². The van der Waals surface area contributed by atoms with Gasteiger partial charge in [0.05, 0.1) is 25.9 Å². The number of benzene rings is 2. The first-order valence-corrected chi connectivity index (χ1v) is 7.67. The molecule has 0 bridgehead atoms. The van der Waals surface area contributed by atoms with Crippen molar-refractivity contribution in [3.63, 3.8) is 0 Å². The standard InChI is InChI=1S/C16H16BrNO3/c17-14-4-3-11-7-13(2-1-12(11)8-14)16(20)18-5-6-21-10-15(18)9-19/h1-4,7-8,15,19H,5-6,9-10H2. The van der Waals surface area contributed by atoms with E-state index in [9.17, 15) is 9.90 Å². The third kappa shape index (κ3) is 2.95. The molecule has 1 amide bonds. The Labute approximate surface area is 131 Å². The maximum atomic E-state index is 12.6. The molecule has 0 aromatic heterocycles. The van der Waals surface area contributed by atoms with Crippen molar-refractivity contribution in [1.29, 1.82) is 0 Å². The SMILES string of the molecule is O=C(c1ccc2cc(Br)ccc2c1)N1CCOCC1CO. The van der Waals surface area contributed by atoms with Gasteiger partial charge in [0.1, 0.15) is 0 Å². The van der Waals surface area contributed by atoms with E-state index < -0.39 is 0 Å². The van der Waals surface area contributed by atoms with Gasteiger partial charge in [0.2, 0.25) is 0 Å². The minimum Gasteiger partial charge on any atom is -0.394 e. The average molecular weight is 350 g/mol. The fraction of sp³-hybridized carbons (Fsp3) is 0.312. The van der Waals surface area contributed by atoms with E-state index in [2.05, 4.69) is 15.9 Å². The molecule has 0 radical (unpaired) electrons. The lowest BCUT2D eigenvalue weighted by atomic mass is 10.1. The van der Waals surface area contributed by atoms with E-state index in [0.29, 0.717) is 25.3 Å². The molecular formula is C16H16BrNO3. The summed E-state index contributed by atoms with van der Waals surface area (Å²) >= 11 is 3.44. The lowest BCUT2D eigenvalue weighted by Gasteiger charge is -2.34. The zero-order valence-electron chi connectivity index (χ0n) is 11.5. The number of halogens is 1. The first-order valence-electron chi connectivity index (χ1n) is 6.88. The molecule has 1 unspecified atom stereocenters. The van der Waals surface area contributed by atoms with Crippen LogP contribution in [-0.4, -0.2) is 48.3 Å². The quantitative estimate of drug-likeness (QED) is 0.905. The molecule has 1 aliphatic heterocycles. The van der Waals surface area contributed by atoms with Gasteiger partial charge in [0.15, 0.2) is 0 Å². The number of carbonyl (C=O) groups excluding carboxylic acids is 1. The van der Waals surface area contributed by atoms with Crippen LogP contribution >= 0.6 is 15.9 Å². The van der Waals surface area contributed by atoms with E-state index in [4.69, 9.17) is 4.74 Å². The smallest absolute Gasteiger partial charge is 0.254 e. The van der Waals surface area contributed by atoms with Gasteiger partial charge in [-0.2, -0.15) is 0 Å². The van der Waals surface area contributed by atoms with Gasteiger partial charge in [-0.15, -0.1) is 0 Å². The van der Waals surface area contributed by atoms with Crippen LogP contribution in [0.5, 0.6) is 0 Å². The molecule has 1 N–H and O–H groups in total. The van der Waals surface area contributed by atoms with E-state index in [1.807, 2.05) is 36.4 Å². The number of rotatable bonds is 2. The van der Waals surface area contributed by atoms with Crippen molar-refractivity contribution in [2.24, 2.45) is 0 Å². The highest BCUT2D eigenvalue weighted by Crippen LogP contribution is 2.22. The van der Waals surface area contributed by atoms with Gasteiger partial charge in [-0.1, -0.05) is 28.1 Å². The molecule has 4 nitrogen and oxygen atoms in total. The molecule has 3 rings (SSSR count). The number of hydrogen-bond acceptors (Lipinski definition) is 3. The molecule has 1 fully saturated rings. The van der Waals surface area contributed by atoms with Crippen molar-refractivity contribution in [1.82, 2.24) is 4.90 Å². The first-order chi connectivity index (χ1) is 10.2. The van der Waals surface area contributed by atoms with Crippen LogP contribution in [0.15, 0.2) is 40.9 Å². The highest BCUT2D eigenvalue weighted by atomic mass is 79.9. The highest BCUT2D eigenvalue weighted by Gasteiger charge is 2.27. The normalized spacial score (nSPS) is 19.0. The van der Waals surface area contributed by atoms with Gasteiger partial charge in [-0.05, 0) is 35.0 Å². The number of morpholine rings is 1. The van der Waals surface area contributed by atoms with Gasteiger partial charge in [-0.3, -0.25) is 4.79 Å². The zero-order chi connectivity index (χ0) is 14.8. The molecule has 5 heteroatoms. The molecule has 110 valence electrons. The number of ether oxygens (including phenoxy) is 1. The van der Waals surface area contributed by atoms with Crippen molar-refractivity contribution in [3.05, 3.63) is 46.4 Å². The van der Waals surface area contributed by atoms with Gasteiger partial charge in [0, 0.05) is 16.6 Å². The Balaban J connectivity index is 1.91. The van der Waals surface area contributed by atoms with E-state index in [1.54, 1.807) is 4.90 Å². The van der Waals surface area contributed by atoms with E-state index >= 15 is 0 Å².